The second kappa shape index (κ2) is 7.31. The van der Waals surface area contributed by atoms with E-state index in [9.17, 15) is 8.78 Å². The molecule has 1 rings (SSSR count). The lowest BCUT2D eigenvalue weighted by Crippen LogP contribution is -2.35. The summed E-state index contributed by atoms with van der Waals surface area (Å²) in [5.74, 6) is -1.17. The number of hydrogen-bond acceptors (Lipinski definition) is 2. The lowest BCUT2D eigenvalue weighted by molar-refractivity contribution is 0.202. The molecule has 0 aromatic heterocycles. The van der Waals surface area contributed by atoms with Crippen molar-refractivity contribution in [1.82, 2.24) is 5.32 Å². The zero-order chi connectivity index (χ0) is 13.5. The molecule has 0 heterocycles. The molecule has 0 aliphatic carbocycles. The van der Waals surface area contributed by atoms with E-state index in [0.717, 1.165) is 18.9 Å². The van der Waals surface area contributed by atoms with Gasteiger partial charge in [-0.15, -0.1) is 0 Å². The molecule has 2 atom stereocenters. The van der Waals surface area contributed by atoms with Gasteiger partial charge >= 0.3 is 0 Å². The molecule has 0 aliphatic heterocycles. The van der Waals surface area contributed by atoms with Crippen LogP contribution in [0.15, 0.2) is 18.2 Å². The van der Waals surface area contributed by atoms with Gasteiger partial charge in [0.25, 0.3) is 0 Å². The third-order valence-corrected chi connectivity index (χ3v) is 2.70. The van der Waals surface area contributed by atoms with Crippen LogP contribution >= 0.6 is 0 Å². The minimum Gasteiger partial charge on any atom is -0.486 e. The smallest absolute Gasteiger partial charge is 0.167 e. The quantitative estimate of drug-likeness (QED) is 0.807. The fourth-order valence-electron chi connectivity index (χ4n) is 1.73. The van der Waals surface area contributed by atoms with Gasteiger partial charge < -0.3 is 10.1 Å². The fourth-order valence-corrected chi connectivity index (χ4v) is 1.73. The van der Waals surface area contributed by atoms with Crippen molar-refractivity contribution in [2.24, 2.45) is 0 Å². The largest absolute Gasteiger partial charge is 0.486 e. The lowest BCUT2D eigenvalue weighted by atomic mass is 10.2. The summed E-state index contributed by atoms with van der Waals surface area (Å²) >= 11 is 0. The van der Waals surface area contributed by atoms with Gasteiger partial charge in [0.2, 0.25) is 0 Å². The van der Waals surface area contributed by atoms with Crippen molar-refractivity contribution < 1.29 is 13.5 Å². The van der Waals surface area contributed by atoms with E-state index in [2.05, 4.69) is 19.2 Å². The van der Waals surface area contributed by atoms with Gasteiger partial charge in [-0.2, -0.15) is 0 Å². The van der Waals surface area contributed by atoms with Crippen molar-refractivity contribution in [3.8, 4) is 5.75 Å². The molecule has 0 amide bonds. The van der Waals surface area contributed by atoms with Crippen LogP contribution < -0.4 is 10.1 Å². The van der Waals surface area contributed by atoms with Gasteiger partial charge in [0.05, 0.1) is 0 Å². The summed E-state index contributed by atoms with van der Waals surface area (Å²) in [4.78, 5) is 0. The Balaban J connectivity index is 2.42. The number of halogens is 2. The van der Waals surface area contributed by atoms with E-state index in [1.807, 2.05) is 6.92 Å². The number of benzene rings is 1. The number of nitrogens with one attached hydrogen (secondary N) is 1. The molecule has 102 valence electrons. The maximum absolute atomic E-state index is 13.3. The summed E-state index contributed by atoms with van der Waals surface area (Å²) in [6.07, 6.45) is 2.05. The Bertz CT molecular complexity index is 371. The molecule has 0 saturated carbocycles. The average molecular weight is 257 g/mol. The van der Waals surface area contributed by atoms with Gasteiger partial charge in [0, 0.05) is 18.7 Å². The molecular weight excluding hydrogens is 236 g/mol. The molecular formula is C14H21F2NO. The summed E-state index contributed by atoms with van der Waals surface area (Å²) < 4.78 is 31.5. The van der Waals surface area contributed by atoms with E-state index in [1.165, 1.54) is 12.1 Å². The molecule has 1 N–H and O–H groups in total. The van der Waals surface area contributed by atoms with Crippen LogP contribution in [0.1, 0.15) is 33.6 Å². The van der Waals surface area contributed by atoms with Crippen LogP contribution in [0.5, 0.6) is 5.75 Å². The van der Waals surface area contributed by atoms with Gasteiger partial charge in [-0.3, -0.25) is 0 Å². The molecule has 18 heavy (non-hydrogen) atoms. The topological polar surface area (TPSA) is 21.3 Å². The molecule has 4 heteroatoms. The predicted octanol–water partition coefficient (Wildman–Crippen LogP) is 3.51. The normalized spacial score (nSPS) is 14.3. The minimum absolute atomic E-state index is 0.0915. The van der Waals surface area contributed by atoms with Crippen molar-refractivity contribution in [3.05, 3.63) is 29.8 Å². The van der Waals surface area contributed by atoms with Crippen LogP contribution in [0.2, 0.25) is 0 Å². The van der Waals surface area contributed by atoms with Crippen LogP contribution in [-0.2, 0) is 0 Å². The fraction of sp³-hybridized carbons (Fsp3) is 0.571. The van der Waals surface area contributed by atoms with Crippen LogP contribution in [-0.4, -0.2) is 18.7 Å². The lowest BCUT2D eigenvalue weighted by Gasteiger charge is -2.19. The van der Waals surface area contributed by atoms with Crippen LogP contribution in [0, 0.1) is 11.6 Å². The Labute approximate surface area is 107 Å². The highest BCUT2D eigenvalue weighted by Crippen LogP contribution is 2.18. The first kappa shape index (κ1) is 14.9. The summed E-state index contributed by atoms with van der Waals surface area (Å²) in [7, 11) is 0. The van der Waals surface area contributed by atoms with Crippen molar-refractivity contribution in [3.63, 3.8) is 0 Å². The van der Waals surface area contributed by atoms with Gasteiger partial charge in [-0.25, -0.2) is 8.78 Å². The molecule has 0 fully saturated rings. The third kappa shape index (κ3) is 5.00. The van der Waals surface area contributed by atoms with Crippen molar-refractivity contribution in [2.45, 2.75) is 45.8 Å². The Morgan fingerprint density at radius 3 is 2.61 bits per heavy atom. The third-order valence-electron chi connectivity index (χ3n) is 2.70. The summed E-state index contributed by atoms with van der Waals surface area (Å²) in [5.41, 5.74) is 0. The first-order valence-corrected chi connectivity index (χ1v) is 6.38. The highest BCUT2D eigenvalue weighted by atomic mass is 19.1. The van der Waals surface area contributed by atoms with E-state index >= 15 is 0 Å². The van der Waals surface area contributed by atoms with Gasteiger partial charge in [-0.05, 0) is 32.4 Å². The molecule has 0 saturated heterocycles. The van der Waals surface area contributed by atoms with Crippen LogP contribution in [0.25, 0.3) is 0 Å². The molecule has 0 spiro atoms. The monoisotopic (exact) mass is 257 g/mol. The maximum atomic E-state index is 13.3. The number of rotatable bonds is 7. The van der Waals surface area contributed by atoms with Crippen LogP contribution in [0.4, 0.5) is 8.78 Å². The molecule has 2 unspecified atom stereocenters. The highest BCUT2D eigenvalue weighted by Gasteiger charge is 2.10. The molecule has 1 aromatic rings. The Hall–Kier alpha value is -1.16. The van der Waals surface area contributed by atoms with E-state index in [4.69, 9.17) is 4.74 Å². The van der Waals surface area contributed by atoms with Crippen molar-refractivity contribution >= 4 is 0 Å². The Kier molecular flexibility index (Phi) is 6.05. The summed E-state index contributed by atoms with van der Waals surface area (Å²) in [6, 6.07) is 3.75. The zero-order valence-electron chi connectivity index (χ0n) is 11.2. The molecule has 2 nitrogen and oxygen atoms in total. The summed E-state index contributed by atoms with van der Waals surface area (Å²) in [5, 5.41) is 3.31. The summed E-state index contributed by atoms with van der Waals surface area (Å²) in [6.45, 7) is 6.73. The van der Waals surface area contributed by atoms with Crippen LogP contribution in [0.3, 0.4) is 0 Å². The standard InChI is InChI=1S/C14H21F2NO/c1-4-5-10(2)17-9-11(3)18-14-7-6-12(15)8-13(14)16/h6-8,10-11,17H,4-5,9H2,1-3H3. The van der Waals surface area contributed by atoms with E-state index in [-0.39, 0.29) is 11.9 Å². The van der Waals surface area contributed by atoms with Gasteiger partial charge in [-0.1, -0.05) is 13.3 Å². The van der Waals surface area contributed by atoms with Crippen molar-refractivity contribution in [2.75, 3.05) is 6.54 Å². The second-order valence-electron chi connectivity index (χ2n) is 4.60. The average Bonchev–Trinajstić information content (AvgIpc) is 2.31. The Morgan fingerprint density at radius 2 is 2.00 bits per heavy atom. The van der Waals surface area contributed by atoms with Crippen molar-refractivity contribution in [1.29, 1.82) is 0 Å². The van der Waals surface area contributed by atoms with E-state index in [0.29, 0.717) is 12.6 Å². The maximum Gasteiger partial charge on any atom is 0.167 e. The molecule has 0 bridgehead atoms. The van der Waals surface area contributed by atoms with Gasteiger partial charge in [0.15, 0.2) is 11.6 Å². The Morgan fingerprint density at radius 1 is 1.28 bits per heavy atom. The number of ether oxygens (including phenoxy) is 1. The molecule has 0 aliphatic rings. The number of hydrogen-bond donors (Lipinski definition) is 1. The van der Waals surface area contributed by atoms with E-state index in [1.54, 1.807) is 0 Å². The first-order valence-electron chi connectivity index (χ1n) is 6.38. The van der Waals surface area contributed by atoms with E-state index < -0.39 is 11.6 Å². The van der Waals surface area contributed by atoms with Gasteiger partial charge in [0.1, 0.15) is 11.9 Å². The predicted molar refractivity (Wildman–Crippen MR) is 68.8 cm³/mol. The first-order chi connectivity index (χ1) is 8.52. The minimum atomic E-state index is -0.663. The zero-order valence-corrected chi connectivity index (χ0v) is 11.2. The highest BCUT2D eigenvalue weighted by molar-refractivity contribution is 5.24. The molecule has 1 aromatic carbocycles. The molecule has 0 radical (unpaired) electrons. The second-order valence-corrected chi connectivity index (χ2v) is 4.60. The SMILES string of the molecule is CCCC(C)NCC(C)Oc1ccc(F)cc1F.